The summed E-state index contributed by atoms with van der Waals surface area (Å²) >= 11 is 0. The summed E-state index contributed by atoms with van der Waals surface area (Å²) in [6, 6.07) is 0. The second kappa shape index (κ2) is 43.5. The van der Waals surface area contributed by atoms with Gasteiger partial charge in [0.1, 0.15) is 0 Å². The summed E-state index contributed by atoms with van der Waals surface area (Å²) in [4.78, 5) is 0. The van der Waals surface area contributed by atoms with E-state index in [1.165, 1.54) is 0 Å². The van der Waals surface area contributed by atoms with Crippen molar-refractivity contribution in [2.45, 2.75) is 20.8 Å². The highest BCUT2D eigenvalue weighted by atomic mass is 16.5. The van der Waals surface area contributed by atoms with Crippen LogP contribution in [-0.2, 0) is 9.47 Å². The standard InChI is InChI=1S/C6H14O4.3C3H6/c7-1-3-9-5-6-10-4-2-8;3*1-3-2/h7-8H,1-6H2;3*3H,1H2,2H3. The Morgan fingerprint density at radius 3 is 1.05 bits per heavy atom. The van der Waals surface area contributed by atoms with Gasteiger partial charge < -0.3 is 19.7 Å². The van der Waals surface area contributed by atoms with Gasteiger partial charge in [0.25, 0.3) is 0 Å². The molecule has 0 aliphatic rings. The van der Waals surface area contributed by atoms with Crippen LogP contribution in [0.15, 0.2) is 38.0 Å². The van der Waals surface area contributed by atoms with E-state index in [1.54, 1.807) is 18.2 Å². The minimum atomic E-state index is 0.0417. The second-order valence-electron chi connectivity index (χ2n) is 2.90. The van der Waals surface area contributed by atoms with Crippen LogP contribution in [0.25, 0.3) is 0 Å². The summed E-state index contributed by atoms with van der Waals surface area (Å²) in [6.07, 6.45) is 5.25. The molecule has 0 spiro atoms. The molecule has 0 rings (SSSR count). The first-order valence-electron chi connectivity index (χ1n) is 6.24. The summed E-state index contributed by atoms with van der Waals surface area (Å²) in [5.74, 6) is 0. The smallest absolute Gasteiger partial charge is 0.0701 e. The van der Waals surface area contributed by atoms with E-state index in [9.17, 15) is 0 Å². The lowest BCUT2D eigenvalue weighted by molar-refractivity contribution is 0.0222. The largest absolute Gasteiger partial charge is 0.394 e. The predicted octanol–water partition coefficient (Wildman–Crippen LogP) is 2.58. The number of aliphatic hydroxyl groups excluding tert-OH is 2. The third-order valence-corrected chi connectivity index (χ3v) is 0.843. The topological polar surface area (TPSA) is 58.9 Å². The number of aliphatic hydroxyl groups is 2. The maximum absolute atomic E-state index is 8.26. The number of hydrogen-bond acceptors (Lipinski definition) is 4. The molecule has 0 saturated carbocycles. The molecule has 19 heavy (non-hydrogen) atoms. The summed E-state index contributed by atoms with van der Waals surface area (Å²) in [5.41, 5.74) is 0. The van der Waals surface area contributed by atoms with Crippen LogP contribution in [0, 0.1) is 0 Å². The molecule has 0 radical (unpaired) electrons. The average molecular weight is 276 g/mol. The molecular weight excluding hydrogens is 244 g/mol. The Kier molecular flexibility index (Phi) is 60.8. The molecule has 0 aromatic rings. The fourth-order valence-corrected chi connectivity index (χ4v) is 0.451. The van der Waals surface area contributed by atoms with Crippen LogP contribution in [0.5, 0.6) is 0 Å². The van der Waals surface area contributed by atoms with Gasteiger partial charge in [0, 0.05) is 0 Å². The van der Waals surface area contributed by atoms with Gasteiger partial charge in [0.05, 0.1) is 39.6 Å². The van der Waals surface area contributed by atoms with Crippen molar-refractivity contribution in [1.82, 2.24) is 0 Å². The molecule has 0 aliphatic heterocycles. The fraction of sp³-hybridized carbons (Fsp3) is 0.600. The van der Waals surface area contributed by atoms with Crippen molar-refractivity contribution in [2.24, 2.45) is 0 Å². The molecule has 0 heterocycles. The normalized spacial score (nSPS) is 7.42. The molecule has 4 nitrogen and oxygen atoms in total. The van der Waals surface area contributed by atoms with Crippen molar-refractivity contribution in [3.05, 3.63) is 38.0 Å². The van der Waals surface area contributed by atoms with Gasteiger partial charge in [-0.25, -0.2) is 0 Å². The maximum Gasteiger partial charge on any atom is 0.0701 e. The Balaban J connectivity index is -0.000000103. The van der Waals surface area contributed by atoms with Gasteiger partial charge in [-0.05, 0) is 20.8 Å². The first kappa shape index (κ1) is 26.6. The Morgan fingerprint density at radius 2 is 0.895 bits per heavy atom. The second-order valence-corrected chi connectivity index (χ2v) is 2.90. The quantitative estimate of drug-likeness (QED) is 0.554. The van der Waals surface area contributed by atoms with E-state index in [4.69, 9.17) is 19.7 Å². The van der Waals surface area contributed by atoms with Crippen molar-refractivity contribution in [3.63, 3.8) is 0 Å². The van der Waals surface area contributed by atoms with Crippen LogP contribution in [0.2, 0.25) is 0 Å². The lowest BCUT2D eigenvalue weighted by atomic mass is 10.7. The molecule has 116 valence electrons. The Bertz CT molecular complexity index is 125. The summed E-state index contributed by atoms with van der Waals surface area (Å²) in [6.45, 7) is 17.5. The van der Waals surface area contributed by atoms with Crippen LogP contribution in [0.1, 0.15) is 20.8 Å². The SMILES string of the molecule is C=CC.C=CC.C=CC.OCCOCCOCCO. The molecule has 0 saturated heterocycles. The van der Waals surface area contributed by atoms with Crippen molar-refractivity contribution < 1.29 is 19.7 Å². The van der Waals surface area contributed by atoms with E-state index in [2.05, 4.69) is 19.7 Å². The van der Waals surface area contributed by atoms with E-state index >= 15 is 0 Å². The minimum Gasteiger partial charge on any atom is -0.394 e. The lowest BCUT2D eigenvalue weighted by Crippen LogP contribution is -2.09. The summed E-state index contributed by atoms with van der Waals surface area (Å²) in [7, 11) is 0. The van der Waals surface area contributed by atoms with Gasteiger partial charge in [-0.2, -0.15) is 0 Å². The minimum absolute atomic E-state index is 0.0417. The predicted molar refractivity (Wildman–Crippen MR) is 83.4 cm³/mol. The first-order valence-corrected chi connectivity index (χ1v) is 6.24. The molecular formula is C15H32O4. The first-order chi connectivity index (χ1) is 9.16. The highest BCUT2D eigenvalue weighted by Crippen LogP contribution is 1.76. The molecule has 0 atom stereocenters. The van der Waals surface area contributed by atoms with Crippen LogP contribution < -0.4 is 0 Å². The fourth-order valence-electron chi connectivity index (χ4n) is 0.451. The third kappa shape index (κ3) is 105. The van der Waals surface area contributed by atoms with E-state index in [0.29, 0.717) is 26.4 Å². The monoisotopic (exact) mass is 276 g/mol. The molecule has 0 bridgehead atoms. The van der Waals surface area contributed by atoms with Gasteiger partial charge in [-0.3, -0.25) is 0 Å². The van der Waals surface area contributed by atoms with Gasteiger partial charge >= 0.3 is 0 Å². The van der Waals surface area contributed by atoms with Gasteiger partial charge in [-0.15, -0.1) is 19.7 Å². The molecule has 0 aromatic heterocycles. The highest BCUT2D eigenvalue weighted by molar-refractivity contribution is 4.52. The Labute approximate surface area is 119 Å². The molecule has 0 fully saturated rings. The zero-order valence-corrected chi connectivity index (χ0v) is 12.8. The van der Waals surface area contributed by atoms with Crippen LogP contribution in [-0.4, -0.2) is 49.9 Å². The van der Waals surface area contributed by atoms with E-state index in [1.807, 2.05) is 20.8 Å². The summed E-state index contributed by atoms with van der Waals surface area (Å²) < 4.78 is 9.75. The Morgan fingerprint density at radius 1 is 0.684 bits per heavy atom. The highest BCUT2D eigenvalue weighted by Gasteiger charge is 1.86. The van der Waals surface area contributed by atoms with Crippen LogP contribution >= 0.6 is 0 Å². The van der Waals surface area contributed by atoms with Crippen molar-refractivity contribution >= 4 is 0 Å². The van der Waals surface area contributed by atoms with Crippen LogP contribution in [0.4, 0.5) is 0 Å². The van der Waals surface area contributed by atoms with Gasteiger partial charge in [0.15, 0.2) is 0 Å². The summed E-state index contributed by atoms with van der Waals surface area (Å²) in [5, 5.41) is 16.5. The van der Waals surface area contributed by atoms with Gasteiger partial charge in [-0.1, -0.05) is 18.2 Å². The number of hydrogen-bond donors (Lipinski definition) is 2. The molecule has 4 heteroatoms. The molecule has 0 unspecified atom stereocenters. The number of allylic oxidation sites excluding steroid dienone is 3. The number of ether oxygens (including phenoxy) is 2. The Hall–Kier alpha value is -0.940. The molecule has 0 amide bonds. The zero-order chi connectivity index (χ0) is 15.8. The van der Waals surface area contributed by atoms with Crippen LogP contribution in [0.3, 0.4) is 0 Å². The van der Waals surface area contributed by atoms with E-state index in [-0.39, 0.29) is 13.2 Å². The van der Waals surface area contributed by atoms with Crippen molar-refractivity contribution in [2.75, 3.05) is 39.6 Å². The van der Waals surface area contributed by atoms with Gasteiger partial charge in [0.2, 0.25) is 0 Å². The average Bonchev–Trinajstić information content (AvgIpc) is 2.37. The maximum atomic E-state index is 8.26. The van der Waals surface area contributed by atoms with E-state index in [0.717, 1.165) is 0 Å². The van der Waals surface area contributed by atoms with Crippen molar-refractivity contribution in [1.29, 1.82) is 0 Å². The van der Waals surface area contributed by atoms with Crippen molar-refractivity contribution in [3.8, 4) is 0 Å². The number of rotatable bonds is 7. The molecule has 2 N–H and O–H groups in total. The molecule has 0 aromatic carbocycles. The lowest BCUT2D eigenvalue weighted by Gasteiger charge is -2.01. The molecule has 0 aliphatic carbocycles. The van der Waals surface area contributed by atoms with E-state index < -0.39 is 0 Å². The third-order valence-electron chi connectivity index (χ3n) is 0.843. The zero-order valence-electron chi connectivity index (χ0n) is 12.8.